The van der Waals surface area contributed by atoms with Gasteiger partial charge >= 0.3 is 6.36 Å². The summed E-state index contributed by atoms with van der Waals surface area (Å²) >= 11 is 1.35. The second-order valence-electron chi connectivity index (χ2n) is 6.15. The second-order valence-corrected chi connectivity index (χ2v) is 6.99. The smallest absolute Gasteiger partial charge is 0.406 e. The number of ether oxygens (including phenoxy) is 1. The molecule has 0 N–H and O–H groups in total. The molecule has 3 heterocycles. The molecule has 0 aliphatic carbocycles. The summed E-state index contributed by atoms with van der Waals surface area (Å²) < 4.78 is 40.9. The number of nitrogens with zero attached hydrogens (tertiary/aromatic N) is 4. The quantitative estimate of drug-likeness (QED) is 0.617. The summed E-state index contributed by atoms with van der Waals surface area (Å²) in [6.45, 7) is 4.45. The standard InChI is InChI=1S/C18H13F3N4O2S/c1-2-13(26)25-7-11(8-25)16-23-14(15-17(24-16)28-9-22-15)10-3-5-12(6-4-10)27-18(19,20)21/h2-6,9,11H,1,7-8H2. The van der Waals surface area contributed by atoms with Gasteiger partial charge in [0.15, 0.2) is 0 Å². The molecular weight excluding hydrogens is 393 g/mol. The normalized spacial score (nSPS) is 14.8. The number of amides is 1. The van der Waals surface area contributed by atoms with E-state index in [0.29, 0.717) is 40.5 Å². The number of carbonyl (C=O) groups excluding carboxylic acids is 1. The molecule has 2 aromatic heterocycles. The number of carbonyl (C=O) groups is 1. The third kappa shape index (κ3) is 3.55. The predicted molar refractivity (Wildman–Crippen MR) is 96.8 cm³/mol. The summed E-state index contributed by atoms with van der Waals surface area (Å²) in [6.07, 6.45) is -3.48. The van der Waals surface area contributed by atoms with Crippen LogP contribution in [-0.4, -0.2) is 45.2 Å². The third-order valence-corrected chi connectivity index (χ3v) is 5.03. The summed E-state index contributed by atoms with van der Waals surface area (Å²) in [7, 11) is 0. The Kier molecular flexibility index (Phi) is 4.50. The first-order valence-electron chi connectivity index (χ1n) is 8.22. The van der Waals surface area contributed by atoms with Crippen LogP contribution in [0.25, 0.3) is 21.6 Å². The Morgan fingerprint density at radius 2 is 1.96 bits per heavy atom. The average Bonchev–Trinajstić information content (AvgIpc) is 3.07. The van der Waals surface area contributed by atoms with Gasteiger partial charge in [0.2, 0.25) is 5.91 Å². The van der Waals surface area contributed by atoms with Crippen LogP contribution in [0, 0.1) is 0 Å². The monoisotopic (exact) mass is 406 g/mol. The molecule has 28 heavy (non-hydrogen) atoms. The van der Waals surface area contributed by atoms with Crippen molar-refractivity contribution >= 4 is 27.6 Å². The van der Waals surface area contributed by atoms with Crippen LogP contribution in [0.4, 0.5) is 13.2 Å². The van der Waals surface area contributed by atoms with Crippen molar-refractivity contribution in [2.75, 3.05) is 13.1 Å². The van der Waals surface area contributed by atoms with Crippen molar-refractivity contribution in [2.24, 2.45) is 0 Å². The molecule has 1 aliphatic heterocycles. The molecule has 0 saturated carbocycles. The highest BCUT2D eigenvalue weighted by atomic mass is 32.1. The highest BCUT2D eigenvalue weighted by Crippen LogP contribution is 2.33. The lowest BCUT2D eigenvalue weighted by Crippen LogP contribution is -2.48. The number of fused-ring (bicyclic) bond motifs is 1. The first-order chi connectivity index (χ1) is 13.3. The molecule has 0 atom stereocenters. The molecule has 4 rings (SSSR count). The van der Waals surface area contributed by atoms with Crippen LogP contribution >= 0.6 is 11.3 Å². The summed E-state index contributed by atoms with van der Waals surface area (Å²) in [5, 5.41) is 0. The minimum atomic E-state index is -4.75. The number of benzene rings is 1. The van der Waals surface area contributed by atoms with Crippen molar-refractivity contribution < 1.29 is 22.7 Å². The fraction of sp³-hybridized carbons (Fsp3) is 0.222. The van der Waals surface area contributed by atoms with Crippen LogP contribution < -0.4 is 4.74 Å². The second kappa shape index (κ2) is 6.86. The van der Waals surface area contributed by atoms with E-state index in [1.54, 1.807) is 10.4 Å². The number of hydrogen-bond acceptors (Lipinski definition) is 6. The van der Waals surface area contributed by atoms with Crippen molar-refractivity contribution in [3.8, 4) is 17.0 Å². The number of halogens is 3. The minimum absolute atomic E-state index is 0.0121. The molecule has 1 saturated heterocycles. The molecule has 1 fully saturated rings. The van der Waals surface area contributed by atoms with Gasteiger partial charge < -0.3 is 9.64 Å². The number of thiazole rings is 1. The Balaban J connectivity index is 1.65. The maximum atomic E-state index is 12.3. The topological polar surface area (TPSA) is 68.2 Å². The maximum Gasteiger partial charge on any atom is 0.573 e. The number of hydrogen-bond donors (Lipinski definition) is 0. The Bertz CT molecular complexity index is 1040. The van der Waals surface area contributed by atoms with Gasteiger partial charge in [-0.2, -0.15) is 0 Å². The third-order valence-electron chi connectivity index (χ3n) is 4.31. The number of likely N-dealkylation sites (tertiary alicyclic amines) is 1. The summed E-state index contributed by atoms with van der Waals surface area (Å²) in [5.74, 6) is 0.116. The Hall–Kier alpha value is -3.01. The molecule has 0 unspecified atom stereocenters. The van der Waals surface area contributed by atoms with E-state index in [1.165, 1.54) is 41.7 Å². The van der Waals surface area contributed by atoms with Crippen LogP contribution in [0.5, 0.6) is 5.75 Å². The fourth-order valence-corrected chi connectivity index (χ4v) is 3.59. The van der Waals surface area contributed by atoms with Gasteiger partial charge in [0.1, 0.15) is 27.6 Å². The SMILES string of the molecule is C=CC(=O)N1CC(c2nc(-c3ccc(OC(F)(F)F)cc3)c3ncsc3n2)C1. The van der Waals surface area contributed by atoms with Gasteiger partial charge in [0, 0.05) is 18.7 Å². The lowest BCUT2D eigenvalue weighted by molar-refractivity contribution is -0.274. The molecule has 3 aromatic rings. The number of aromatic nitrogens is 3. The van der Waals surface area contributed by atoms with Crippen LogP contribution in [0.2, 0.25) is 0 Å². The molecule has 10 heteroatoms. The van der Waals surface area contributed by atoms with E-state index < -0.39 is 6.36 Å². The Morgan fingerprint density at radius 3 is 2.61 bits per heavy atom. The van der Waals surface area contributed by atoms with Crippen LogP contribution in [0.15, 0.2) is 42.4 Å². The van der Waals surface area contributed by atoms with E-state index in [1.807, 2.05) is 0 Å². The molecule has 144 valence electrons. The lowest BCUT2D eigenvalue weighted by Gasteiger charge is -2.37. The molecule has 1 amide bonds. The van der Waals surface area contributed by atoms with Gasteiger partial charge in [-0.25, -0.2) is 15.0 Å². The minimum Gasteiger partial charge on any atom is -0.406 e. The number of alkyl halides is 3. The van der Waals surface area contributed by atoms with E-state index in [4.69, 9.17) is 0 Å². The van der Waals surface area contributed by atoms with E-state index in [0.717, 1.165) is 0 Å². The highest BCUT2D eigenvalue weighted by molar-refractivity contribution is 7.16. The molecule has 1 aliphatic rings. The van der Waals surface area contributed by atoms with Gasteiger partial charge in [-0.05, 0) is 30.3 Å². The summed E-state index contributed by atoms with van der Waals surface area (Å²) in [4.78, 5) is 27.4. The average molecular weight is 406 g/mol. The molecule has 6 nitrogen and oxygen atoms in total. The maximum absolute atomic E-state index is 12.3. The summed E-state index contributed by atoms with van der Waals surface area (Å²) in [5.41, 5.74) is 3.36. The highest BCUT2D eigenvalue weighted by Gasteiger charge is 2.33. The molecule has 0 spiro atoms. The van der Waals surface area contributed by atoms with Gasteiger partial charge in [0.25, 0.3) is 0 Å². The zero-order chi connectivity index (χ0) is 19.9. The van der Waals surface area contributed by atoms with Crippen molar-refractivity contribution in [1.82, 2.24) is 19.9 Å². The molecule has 0 radical (unpaired) electrons. The molecular formula is C18H13F3N4O2S. The van der Waals surface area contributed by atoms with Gasteiger partial charge in [0.05, 0.1) is 11.4 Å². The van der Waals surface area contributed by atoms with Crippen molar-refractivity contribution in [3.63, 3.8) is 0 Å². The van der Waals surface area contributed by atoms with Gasteiger partial charge in [-0.15, -0.1) is 24.5 Å². The number of rotatable bonds is 4. The van der Waals surface area contributed by atoms with Crippen LogP contribution in [0.1, 0.15) is 11.7 Å². The first kappa shape index (κ1) is 18.4. The van der Waals surface area contributed by atoms with Crippen molar-refractivity contribution in [3.05, 3.63) is 48.3 Å². The van der Waals surface area contributed by atoms with E-state index in [-0.39, 0.29) is 17.6 Å². The van der Waals surface area contributed by atoms with Crippen LogP contribution in [0.3, 0.4) is 0 Å². The Labute approximate surface area is 161 Å². The zero-order valence-corrected chi connectivity index (χ0v) is 15.1. The lowest BCUT2D eigenvalue weighted by atomic mass is 9.98. The fourth-order valence-electron chi connectivity index (χ4n) is 2.93. The Morgan fingerprint density at radius 1 is 1.25 bits per heavy atom. The van der Waals surface area contributed by atoms with Crippen LogP contribution in [-0.2, 0) is 4.79 Å². The van der Waals surface area contributed by atoms with E-state index in [2.05, 4.69) is 26.3 Å². The van der Waals surface area contributed by atoms with Gasteiger partial charge in [-0.3, -0.25) is 4.79 Å². The molecule has 1 aromatic carbocycles. The molecule has 0 bridgehead atoms. The van der Waals surface area contributed by atoms with E-state index in [9.17, 15) is 18.0 Å². The van der Waals surface area contributed by atoms with Crippen molar-refractivity contribution in [2.45, 2.75) is 12.3 Å². The van der Waals surface area contributed by atoms with Crippen molar-refractivity contribution in [1.29, 1.82) is 0 Å². The predicted octanol–water partition coefficient (Wildman–Crippen LogP) is 3.76. The largest absolute Gasteiger partial charge is 0.573 e. The zero-order valence-electron chi connectivity index (χ0n) is 14.3. The first-order valence-corrected chi connectivity index (χ1v) is 9.10. The van der Waals surface area contributed by atoms with E-state index >= 15 is 0 Å². The summed E-state index contributed by atoms with van der Waals surface area (Å²) in [6, 6.07) is 5.47. The van der Waals surface area contributed by atoms with Gasteiger partial charge in [-0.1, -0.05) is 6.58 Å².